The minimum absolute atomic E-state index is 0.172. The van der Waals surface area contributed by atoms with Crippen molar-refractivity contribution in [1.29, 1.82) is 0 Å². The molecule has 1 N–H and O–H groups in total. The quantitative estimate of drug-likeness (QED) is 0.462. The summed E-state index contributed by atoms with van der Waals surface area (Å²) in [5.74, 6) is 0.577. The lowest BCUT2D eigenvalue weighted by molar-refractivity contribution is -0.107. The van der Waals surface area contributed by atoms with E-state index >= 15 is 0 Å². The van der Waals surface area contributed by atoms with Gasteiger partial charge in [-0.25, -0.2) is 4.68 Å². The fourth-order valence-electron chi connectivity index (χ4n) is 0.991. The predicted octanol–water partition coefficient (Wildman–Crippen LogP) is -0.813. The molecule has 0 saturated heterocycles. The Kier molecular flexibility index (Phi) is 4.04. The van der Waals surface area contributed by atoms with Gasteiger partial charge in [-0.3, -0.25) is 0 Å². The van der Waals surface area contributed by atoms with E-state index in [1.807, 2.05) is 0 Å². The van der Waals surface area contributed by atoms with Crippen molar-refractivity contribution in [3.05, 3.63) is 5.82 Å². The van der Waals surface area contributed by atoms with Gasteiger partial charge in [-0.05, 0) is 23.3 Å². The van der Waals surface area contributed by atoms with Crippen LogP contribution in [0.1, 0.15) is 18.7 Å². The zero-order chi connectivity index (χ0) is 9.52. The fourth-order valence-corrected chi connectivity index (χ4v) is 0.991. The van der Waals surface area contributed by atoms with Gasteiger partial charge in [-0.2, -0.15) is 0 Å². The van der Waals surface area contributed by atoms with Gasteiger partial charge in [0.05, 0.1) is 6.42 Å². The molecular formula is C7H12N4O2. The lowest BCUT2D eigenvalue weighted by Gasteiger charge is -2.00. The summed E-state index contributed by atoms with van der Waals surface area (Å²) in [6.45, 7) is 0.821. The molecule has 1 heterocycles. The van der Waals surface area contributed by atoms with Crippen LogP contribution in [0.3, 0.4) is 0 Å². The molecule has 6 nitrogen and oxygen atoms in total. The number of aromatic nitrogens is 4. The Morgan fingerprint density at radius 2 is 2.31 bits per heavy atom. The zero-order valence-electron chi connectivity index (χ0n) is 7.26. The molecule has 0 spiro atoms. The molecule has 6 heteroatoms. The van der Waals surface area contributed by atoms with Gasteiger partial charge < -0.3 is 9.90 Å². The van der Waals surface area contributed by atoms with Crippen LogP contribution in [0.15, 0.2) is 0 Å². The molecule has 0 radical (unpaired) electrons. The lowest BCUT2D eigenvalue weighted by Crippen LogP contribution is -2.07. The lowest BCUT2D eigenvalue weighted by atomic mass is 10.3. The second-order valence-electron chi connectivity index (χ2n) is 2.62. The van der Waals surface area contributed by atoms with Crippen molar-refractivity contribution in [3.8, 4) is 0 Å². The highest BCUT2D eigenvalue weighted by Gasteiger charge is 2.03. The summed E-state index contributed by atoms with van der Waals surface area (Å²) < 4.78 is 1.59. The third kappa shape index (κ3) is 2.90. The highest BCUT2D eigenvalue weighted by atomic mass is 16.2. The average molecular weight is 184 g/mol. The maximum absolute atomic E-state index is 10.2. The number of aldehydes is 1. The summed E-state index contributed by atoms with van der Waals surface area (Å²) in [4.78, 5) is 10.2. The molecular weight excluding hydrogens is 172 g/mol. The second-order valence-corrected chi connectivity index (χ2v) is 2.62. The van der Waals surface area contributed by atoms with Gasteiger partial charge in [0.2, 0.25) is 0 Å². The minimum atomic E-state index is 0.172. The number of aliphatic hydroxyl groups is 1. The molecule has 1 aromatic rings. The van der Waals surface area contributed by atoms with Crippen LogP contribution in [-0.2, 0) is 17.8 Å². The van der Waals surface area contributed by atoms with Crippen LogP contribution in [0.25, 0.3) is 0 Å². The van der Waals surface area contributed by atoms with Crippen molar-refractivity contribution in [2.75, 3.05) is 6.61 Å². The normalized spacial score (nSPS) is 10.2. The maximum Gasteiger partial charge on any atom is 0.158 e. The number of unbranched alkanes of at least 4 members (excludes halogenated alkanes) is 1. The Balaban J connectivity index is 2.44. The number of hydrogen-bond donors (Lipinski definition) is 1. The summed E-state index contributed by atoms with van der Waals surface area (Å²) in [6.07, 6.45) is 2.55. The molecule has 0 aromatic carbocycles. The van der Waals surface area contributed by atoms with Crippen LogP contribution in [0.2, 0.25) is 0 Å². The predicted molar refractivity (Wildman–Crippen MR) is 43.9 cm³/mol. The Bertz CT molecular complexity index is 261. The van der Waals surface area contributed by atoms with Gasteiger partial charge in [-0.15, -0.1) is 5.10 Å². The van der Waals surface area contributed by atoms with E-state index in [1.165, 1.54) is 0 Å². The van der Waals surface area contributed by atoms with Crippen LogP contribution in [0.5, 0.6) is 0 Å². The molecule has 1 aromatic heterocycles. The number of rotatable bonds is 6. The molecule has 13 heavy (non-hydrogen) atoms. The molecule has 0 bridgehead atoms. The Morgan fingerprint density at radius 1 is 1.46 bits per heavy atom. The molecule has 0 aliphatic rings. The molecule has 72 valence electrons. The highest BCUT2D eigenvalue weighted by molar-refractivity contribution is 5.52. The minimum Gasteiger partial charge on any atom is -0.396 e. The Morgan fingerprint density at radius 3 is 3.00 bits per heavy atom. The van der Waals surface area contributed by atoms with Crippen molar-refractivity contribution >= 4 is 6.29 Å². The van der Waals surface area contributed by atoms with E-state index in [1.54, 1.807) is 4.68 Å². The molecule has 0 fully saturated rings. The zero-order valence-corrected chi connectivity index (χ0v) is 7.26. The number of carbonyl (C=O) groups excluding carboxylic acids is 1. The molecule has 1 rings (SSSR count). The maximum atomic E-state index is 10.2. The monoisotopic (exact) mass is 184 g/mol. The summed E-state index contributed by atoms with van der Waals surface area (Å²) in [6, 6.07) is 0. The number of hydrogen-bond acceptors (Lipinski definition) is 5. The van der Waals surface area contributed by atoms with Crippen LogP contribution < -0.4 is 0 Å². The number of aliphatic hydroxyl groups excluding tert-OH is 1. The molecule has 0 saturated carbocycles. The van der Waals surface area contributed by atoms with Gasteiger partial charge in [-0.1, -0.05) is 0 Å². The van der Waals surface area contributed by atoms with Crippen molar-refractivity contribution in [2.45, 2.75) is 25.8 Å². The molecule has 0 atom stereocenters. The number of carbonyl (C=O) groups is 1. The summed E-state index contributed by atoms with van der Waals surface area (Å²) in [7, 11) is 0. The topological polar surface area (TPSA) is 80.9 Å². The van der Waals surface area contributed by atoms with Crippen LogP contribution in [0, 0.1) is 0 Å². The first-order valence-corrected chi connectivity index (χ1v) is 4.18. The third-order valence-corrected chi connectivity index (χ3v) is 1.65. The van der Waals surface area contributed by atoms with Crippen LogP contribution in [-0.4, -0.2) is 38.2 Å². The molecule has 0 aliphatic carbocycles. The van der Waals surface area contributed by atoms with E-state index in [9.17, 15) is 4.79 Å². The van der Waals surface area contributed by atoms with Crippen LogP contribution in [0.4, 0.5) is 0 Å². The van der Waals surface area contributed by atoms with Crippen molar-refractivity contribution in [3.63, 3.8) is 0 Å². The largest absolute Gasteiger partial charge is 0.396 e. The second kappa shape index (κ2) is 5.36. The van der Waals surface area contributed by atoms with E-state index in [4.69, 9.17) is 5.11 Å². The Hall–Kier alpha value is -1.30. The van der Waals surface area contributed by atoms with Gasteiger partial charge in [0, 0.05) is 13.2 Å². The van der Waals surface area contributed by atoms with Gasteiger partial charge >= 0.3 is 0 Å². The van der Waals surface area contributed by atoms with E-state index in [0.29, 0.717) is 12.4 Å². The first-order valence-electron chi connectivity index (χ1n) is 4.18. The van der Waals surface area contributed by atoms with E-state index < -0.39 is 0 Å². The van der Waals surface area contributed by atoms with E-state index in [0.717, 1.165) is 19.1 Å². The third-order valence-electron chi connectivity index (χ3n) is 1.65. The summed E-state index contributed by atoms with van der Waals surface area (Å²) in [5.41, 5.74) is 0. The number of nitrogens with zero attached hydrogens (tertiary/aromatic N) is 4. The SMILES string of the molecule is O=CCc1nnnn1CCCCO. The van der Waals surface area contributed by atoms with Crippen molar-refractivity contribution < 1.29 is 9.90 Å². The molecule has 0 amide bonds. The van der Waals surface area contributed by atoms with Gasteiger partial charge in [0.15, 0.2) is 5.82 Å². The standard InChI is InChI=1S/C7H12N4O2/c12-5-2-1-4-11-7(3-6-13)8-9-10-11/h6,12H,1-5H2. The first-order chi connectivity index (χ1) is 6.38. The fraction of sp³-hybridized carbons (Fsp3) is 0.714. The summed E-state index contributed by atoms with van der Waals surface area (Å²) >= 11 is 0. The van der Waals surface area contributed by atoms with Gasteiger partial charge in [0.1, 0.15) is 6.29 Å². The van der Waals surface area contributed by atoms with Gasteiger partial charge in [0.25, 0.3) is 0 Å². The van der Waals surface area contributed by atoms with E-state index in [-0.39, 0.29) is 13.0 Å². The van der Waals surface area contributed by atoms with E-state index in [2.05, 4.69) is 15.5 Å². The molecule has 0 unspecified atom stereocenters. The number of tetrazole rings is 1. The number of aryl methyl sites for hydroxylation is 1. The van der Waals surface area contributed by atoms with Crippen molar-refractivity contribution in [1.82, 2.24) is 20.2 Å². The smallest absolute Gasteiger partial charge is 0.158 e. The van der Waals surface area contributed by atoms with Crippen LogP contribution >= 0.6 is 0 Å². The summed E-state index contributed by atoms with van der Waals surface area (Å²) in [5, 5.41) is 19.4. The van der Waals surface area contributed by atoms with Crippen molar-refractivity contribution in [2.24, 2.45) is 0 Å². The highest BCUT2D eigenvalue weighted by Crippen LogP contribution is 1.96. The first kappa shape index (κ1) is 9.79. The molecule has 0 aliphatic heterocycles. The average Bonchev–Trinajstić information content (AvgIpc) is 2.54. The Labute approximate surface area is 75.6 Å².